The van der Waals surface area contributed by atoms with Gasteiger partial charge in [-0.2, -0.15) is 0 Å². The molecule has 2 heterocycles. The standard InChI is InChI=1S/C20H24BrN5S/c21-19-23-16-17(22)24-20(27-12-11-14-7-3-1-4-8-14)25-18(16)26(19)13-15-9-5-2-6-10-15/h1,3-4,7-8,15H,2,5-6,9-13H2,(H2,22,24,25). The Morgan fingerprint density at radius 3 is 2.63 bits per heavy atom. The largest absolute Gasteiger partial charge is 0.382 e. The normalized spacial score (nSPS) is 15.4. The molecule has 0 amide bonds. The van der Waals surface area contributed by atoms with Gasteiger partial charge in [0, 0.05) is 12.3 Å². The van der Waals surface area contributed by atoms with Gasteiger partial charge in [-0.25, -0.2) is 15.0 Å². The van der Waals surface area contributed by atoms with Gasteiger partial charge >= 0.3 is 0 Å². The fourth-order valence-electron chi connectivity index (χ4n) is 3.73. The first-order valence-corrected chi connectivity index (χ1v) is 11.3. The molecule has 2 aromatic heterocycles. The Labute approximate surface area is 172 Å². The minimum Gasteiger partial charge on any atom is -0.382 e. The number of hydrogen-bond acceptors (Lipinski definition) is 5. The number of rotatable bonds is 6. The van der Waals surface area contributed by atoms with Crippen LogP contribution in [0.5, 0.6) is 0 Å². The van der Waals surface area contributed by atoms with Crippen molar-refractivity contribution in [2.24, 2.45) is 5.92 Å². The first-order valence-electron chi connectivity index (χ1n) is 9.56. The number of imidazole rings is 1. The number of aromatic nitrogens is 4. The summed E-state index contributed by atoms with van der Waals surface area (Å²) in [7, 11) is 0. The number of thioether (sulfide) groups is 1. The van der Waals surface area contributed by atoms with Crippen molar-refractivity contribution in [2.75, 3.05) is 11.5 Å². The maximum Gasteiger partial charge on any atom is 0.191 e. The Morgan fingerprint density at radius 2 is 1.85 bits per heavy atom. The number of anilines is 1. The number of nitrogen functional groups attached to an aromatic ring is 1. The van der Waals surface area contributed by atoms with Gasteiger partial charge in [0.15, 0.2) is 26.9 Å². The summed E-state index contributed by atoms with van der Waals surface area (Å²) in [5, 5.41) is 0.730. The van der Waals surface area contributed by atoms with Crippen LogP contribution in [0.1, 0.15) is 37.7 Å². The van der Waals surface area contributed by atoms with Crippen LogP contribution in [0.15, 0.2) is 40.2 Å². The number of nitrogens with zero attached hydrogens (tertiary/aromatic N) is 4. The molecule has 27 heavy (non-hydrogen) atoms. The van der Waals surface area contributed by atoms with Crippen molar-refractivity contribution in [1.82, 2.24) is 19.5 Å². The van der Waals surface area contributed by atoms with Crippen LogP contribution in [0.3, 0.4) is 0 Å². The lowest BCUT2D eigenvalue weighted by Gasteiger charge is -2.22. The van der Waals surface area contributed by atoms with E-state index in [1.165, 1.54) is 37.7 Å². The molecular formula is C20H24BrN5S. The molecule has 0 aliphatic heterocycles. The van der Waals surface area contributed by atoms with Crippen molar-refractivity contribution in [3.8, 4) is 0 Å². The molecule has 0 bridgehead atoms. The van der Waals surface area contributed by atoms with E-state index in [4.69, 9.17) is 10.7 Å². The number of aryl methyl sites for hydroxylation is 1. The number of halogens is 1. The minimum atomic E-state index is 0.463. The molecule has 4 rings (SSSR count). The minimum absolute atomic E-state index is 0.463. The average molecular weight is 446 g/mol. The van der Waals surface area contributed by atoms with E-state index in [1.807, 2.05) is 6.07 Å². The lowest BCUT2D eigenvalue weighted by Crippen LogP contribution is -2.15. The Kier molecular flexibility index (Phi) is 5.98. The third-order valence-electron chi connectivity index (χ3n) is 5.18. The van der Waals surface area contributed by atoms with Crippen molar-refractivity contribution in [1.29, 1.82) is 0 Å². The summed E-state index contributed by atoms with van der Waals surface area (Å²) in [6.07, 6.45) is 7.56. The van der Waals surface area contributed by atoms with Crippen molar-refractivity contribution >= 4 is 44.7 Å². The smallest absolute Gasteiger partial charge is 0.191 e. The topological polar surface area (TPSA) is 69.6 Å². The summed E-state index contributed by atoms with van der Waals surface area (Å²) in [5.74, 6) is 2.08. The molecule has 0 saturated heterocycles. The van der Waals surface area contributed by atoms with Gasteiger partial charge in [-0.15, -0.1) is 0 Å². The van der Waals surface area contributed by atoms with Crippen molar-refractivity contribution < 1.29 is 0 Å². The lowest BCUT2D eigenvalue weighted by atomic mass is 9.89. The fraction of sp³-hybridized carbons (Fsp3) is 0.450. The zero-order chi connectivity index (χ0) is 18.6. The van der Waals surface area contributed by atoms with Gasteiger partial charge < -0.3 is 10.3 Å². The molecule has 142 valence electrons. The van der Waals surface area contributed by atoms with E-state index in [-0.39, 0.29) is 0 Å². The SMILES string of the molecule is Nc1nc(SCCc2ccccc2)nc2c1nc(Br)n2CC1CCCCC1. The van der Waals surface area contributed by atoms with Crippen LogP contribution in [-0.2, 0) is 13.0 Å². The van der Waals surface area contributed by atoms with Crippen LogP contribution in [0.4, 0.5) is 5.82 Å². The maximum absolute atomic E-state index is 6.19. The Bertz CT molecular complexity index is 906. The Balaban J connectivity index is 1.52. The highest BCUT2D eigenvalue weighted by Gasteiger charge is 2.20. The zero-order valence-corrected chi connectivity index (χ0v) is 17.7. The molecule has 7 heteroatoms. The predicted octanol–water partition coefficient (Wildman–Crippen LogP) is 5.09. The predicted molar refractivity (Wildman–Crippen MR) is 115 cm³/mol. The highest BCUT2D eigenvalue weighted by Crippen LogP contribution is 2.30. The van der Waals surface area contributed by atoms with Crippen LogP contribution in [0.2, 0.25) is 0 Å². The summed E-state index contributed by atoms with van der Waals surface area (Å²) >= 11 is 5.25. The van der Waals surface area contributed by atoms with E-state index in [2.05, 4.69) is 54.7 Å². The van der Waals surface area contributed by atoms with E-state index in [0.29, 0.717) is 17.3 Å². The summed E-state index contributed by atoms with van der Waals surface area (Å²) in [5.41, 5.74) is 9.07. The van der Waals surface area contributed by atoms with Gasteiger partial charge in [-0.3, -0.25) is 0 Å². The first-order chi connectivity index (χ1) is 13.2. The van der Waals surface area contributed by atoms with Crippen LogP contribution >= 0.6 is 27.7 Å². The second-order valence-corrected chi connectivity index (χ2v) is 8.91. The number of benzene rings is 1. The molecule has 1 saturated carbocycles. The molecule has 5 nitrogen and oxygen atoms in total. The molecule has 3 aromatic rings. The second-order valence-electron chi connectivity index (χ2n) is 7.14. The molecule has 0 spiro atoms. The molecule has 1 aliphatic carbocycles. The van der Waals surface area contributed by atoms with Gasteiger partial charge in [-0.1, -0.05) is 61.4 Å². The maximum atomic E-state index is 6.19. The van der Waals surface area contributed by atoms with Crippen LogP contribution in [-0.4, -0.2) is 25.3 Å². The van der Waals surface area contributed by atoms with Gasteiger partial charge in [0.05, 0.1) is 0 Å². The number of hydrogen-bond donors (Lipinski definition) is 1. The molecule has 0 unspecified atom stereocenters. The van der Waals surface area contributed by atoms with E-state index >= 15 is 0 Å². The van der Waals surface area contributed by atoms with E-state index in [1.54, 1.807) is 11.8 Å². The van der Waals surface area contributed by atoms with Crippen LogP contribution < -0.4 is 5.73 Å². The monoisotopic (exact) mass is 445 g/mol. The summed E-state index contributed by atoms with van der Waals surface area (Å²) in [4.78, 5) is 13.8. The van der Waals surface area contributed by atoms with Gasteiger partial charge in [-0.05, 0) is 46.7 Å². The third-order valence-corrected chi connectivity index (χ3v) is 6.64. The highest BCUT2D eigenvalue weighted by atomic mass is 79.9. The van der Waals surface area contributed by atoms with Crippen molar-refractivity contribution in [2.45, 2.75) is 50.2 Å². The molecule has 0 atom stereocenters. The highest BCUT2D eigenvalue weighted by molar-refractivity contribution is 9.10. The van der Waals surface area contributed by atoms with Crippen LogP contribution in [0.25, 0.3) is 11.2 Å². The average Bonchev–Trinajstić information content (AvgIpc) is 3.00. The molecule has 1 aromatic carbocycles. The molecule has 0 radical (unpaired) electrons. The number of nitrogens with two attached hydrogens (primary N) is 1. The van der Waals surface area contributed by atoms with Gasteiger partial charge in [0.1, 0.15) is 0 Å². The lowest BCUT2D eigenvalue weighted by molar-refractivity contribution is 0.319. The van der Waals surface area contributed by atoms with Gasteiger partial charge in [0.25, 0.3) is 0 Å². The van der Waals surface area contributed by atoms with Crippen LogP contribution in [0, 0.1) is 5.92 Å². The third kappa shape index (κ3) is 4.46. The van der Waals surface area contributed by atoms with E-state index < -0.39 is 0 Å². The molecule has 1 aliphatic rings. The quantitative estimate of drug-likeness (QED) is 0.325. The molecular weight excluding hydrogens is 422 g/mol. The second kappa shape index (κ2) is 8.61. The fourth-order valence-corrected chi connectivity index (χ4v) is 5.06. The van der Waals surface area contributed by atoms with Gasteiger partial charge in [0.2, 0.25) is 0 Å². The van der Waals surface area contributed by atoms with Crippen molar-refractivity contribution in [3.63, 3.8) is 0 Å². The Hall–Kier alpha value is -1.60. The first kappa shape index (κ1) is 18.7. The zero-order valence-electron chi connectivity index (χ0n) is 15.3. The molecule has 1 fully saturated rings. The number of fused-ring (bicyclic) bond motifs is 1. The summed E-state index contributed by atoms with van der Waals surface area (Å²) in [6, 6.07) is 10.5. The summed E-state index contributed by atoms with van der Waals surface area (Å²) < 4.78 is 2.97. The Morgan fingerprint density at radius 1 is 1.07 bits per heavy atom. The summed E-state index contributed by atoms with van der Waals surface area (Å²) in [6.45, 7) is 0.946. The van der Waals surface area contributed by atoms with E-state index in [0.717, 1.165) is 34.3 Å². The van der Waals surface area contributed by atoms with E-state index in [9.17, 15) is 0 Å². The molecule has 2 N–H and O–H groups in total. The van der Waals surface area contributed by atoms with Crippen molar-refractivity contribution in [3.05, 3.63) is 40.6 Å².